The zero-order chi connectivity index (χ0) is 20.1. The van der Waals surface area contributed by atoms with Crippen molar-refractivity contribution in [3.63, 3.8) is 0 Å². The van der Waals surface area contributed by atoms with Crippen molar-refractivity contribution < 1.29 is 9.53 Å². The van der Waals surface area contributed by atoms with Gasteiger partial charge in [-0.3, -0.25) is 4.79 Å². The van der Waals surface area contributed by atoms with Gasteiger partial charge in [0.15, 0.2) is 0 Å². The van der Waals surface area contributed by atoms with E-state index in [4.69, 9.17) is 27.9 Å². The maximum Gasteiger partial charge on any atom is 0.228 e. The van der Waals surface area contributed by atoms with Crippen LogP contribution in [-0.4, -0.2) is 20.1 Å². The quantitative estimate of drug-likeness (QED) is 0.504. The minimum atomic E-state index is -0.124. The molecule has 28 heavy (non-hydrogen) atoms. The van der Waals surface area contributed by atoms with E-state index in [0.717, 1.165) is 27.9 Å². The number of benzene rings is 2. The molecular weight excluding hydrogens is 415 g/mol. The topological polar surface area (TPSA) is 41.6 Å². The van der Waals surface area contributed by atoms with Crippen molar-refractivity contribution in [3.05, 3.63) is 74.4 Å². The summed E-state index contributed by atoms with van der Waals surface area (Å²) in [6.45, 7) is 0.733. The fourth-order valence-corrected chi connectivity index (χ4v) is 4.09. The predicted molar refractivity (Wildman–Crippen MR) is 118 cm³/mol. The van der Waals surface area contributed by atoms with Crippen LogP contribution in [0.2, 0.25) is 9.36 Å². The Labute approximate surface area is 178 Å². The van der Waals surface area contributed by atoms with E-state index in [-0.39, 0.29) is 12.3 Å². The van der Waals surface area contributed by atoms with Crippen LogP contribution in [-0.2, 0) is 17.8 Å². The number of ether oxygens (including phenoxy) is 1. The van der Waals surface area contributed by atoms with Crippen molar-refractivity contribution in [2.24, 2.45) is 0 Å². The first-order valence-electron chi connectivity index (χ1n) is 8.62. The molecule has 0 bridgehead atoms. The number of rotatable bonds is 7. The van der Waals surface area contributed by atoms with E-state index >= 15 is 0 Å². The van der Waals surface area contributed by atoms with Gasteiger partial charge >= 0.3 is 0 Å². The average Bonchev–Trinajstić information content (AvgIpc) is 3.08. The van der Waals surface area contributed by atoms with E-state index in [0.29, 0.717) is 10.7 Å². The number of carbonyl (C=O) groups is 1. The van der Waals surface area contributed by atoms with E-state index < -0.39 is 0 Å². The van der Waals surface area contributed by atoms with Gasteiger partial charge in [0, 0.05) is 17.6 Å². The average molecular weight is 435 g/mol. The first-order valence-corrected chi connectivity index (χ1v) is 10.2. The molecule has 0 aliphatic rings. The van der Waals surface area contributed by atoms with Gasteiger partial charge in [-0.1, -0.05) is 35.3 Å². The molecule has 0 spiro atoms. The number of hydrogen-bond acceptors (Lipinski definition) is 4. The maximum atomic E-state index is 12.3. The molecule has 1 aromatic heterocycles. The Bertz CT molecular complexity index is 957. The highest BCUT2D eigenvalue weighted by Gasteiger charge is 2.10. The van der Waals surface area contributed by atoms with Gasteiger partial charge in [0.25, 0.3) is 0 Å². The number of amides is 1. The Morgan fingerprint density at radius 3 is 2.46 bits per heavy atom. The van der Waals surface area contributed by atoms with Crippen LogP contribution in [0.15, 0.2) is 54.6 Å². The van der Waals surface area contributed by atoms with Gasteiger partial charge in [-0.25, -0.2) is 0 Å². The largest absolute Gasteiger partial charge is 0.497 e. The first-order chi connectivity index (χ1) is 13.4. The van der Waals surface area contributed by atoms with E-state index in [1.807, 2.05) is 61.6 Å². The standard InChI is InChI=1S/C21H20Cl2N2O2S/c1-25(13-17-8-10-20(23)28-17)15-5-9-19(18(22)12-15)24-21(26)11-14-3-6-16(27-2)7-4-14/h3-10,12H,11,13H2,1-2H3,(H,24,26). The number of halogens is 2. The summed E-state index contributed by atoms with van der Waals surface area (Å²) in [5.74, 6) is 0.637. The molecule has 4 nitrogen and oxygen atoms in total. The zero-order valence-electron chi connectivity index (χ0n) is 15.5. The van der Waals surface area contributed by atoms with Gasteiger partial charge in [0.05, 0.1) is 35.1 Å². The molecule has 146 valence electrons. The molecule has 1 N–H and O–H groups in total. The summed E-state index contributed by atoms with van der Waals surface area (Å²) in [6, 6.07) is 16.9. The Morgan fingerprint density at radius 1 is 1.11 bits per heavy atom. The number of methoxy groups -OCH3 is 1. The predicted octanol–water partition coefficient (Wildman–Crippen LogP) is 5.88. The summed E-state index contributed by atoms with van der Waals surface area (Å²) in [6.07, 6.45) is 0.265. The molecule has 0 atom stereocenters. The third-order valence-corrected chi connectivity index (χ3v) is 5.74. The third-order valence-electron chi connectivity index (χ3n) is 4.21. The SMILES string of the molecule is COc1ccc(CC(=O)Nc2ccc(N(C)Cc3ccc(Cl)s3)cc2Cl)cc1. The Kier molecular flexibility index (Phi) is 6.83. The number of hydrogen-bond donors (Lipinski definition) is 1. The number of nitrogens with zero attached hydrogens (tertiary/aromatic N) is 1. The lowest BCUT2D eigenvalue weighted by Gasteiger charge is -2.19. The van der Waals surface area contributed by atoms with Crippen molar-refractivity contribution in [2.75, 3.05) is 24.4 Å². The molecular formula is C21H20Cl2N2O2S. The fraction of sp³-hybridized carbons (Fsp3) is 0.190. The van der Waals surface area contributed by atoms with Gasteiger partial charge in [-0.05, 0) is 48.0 Å². The number of nitrogens with one attached hydrogen (secondary N) is 1. The van der Waals surface area contributed by atoms with Gasteiger partial charge in [0.2, 0.25) is 5.91 Å². The third kappa shape index (κ3) is 5.41. The van der Waals surface area contributed by atoms with E-state index in [9.17, 15) is 4.79 Å². The summed E-state index contributed by atoms with van der Waals surface area (Å²) >= 11 is 13.9. The van der Waals surface area contributed by atoms with Crippen LogP contribution in [0, 0.1) is 0 Å². The highest BCUT2D eigenvalue weighted by molar-refractivity contribution is 7.16. The molecule has 3 rings (SSSR count). The number of carbonyl (C=O) groups excluding carboxylic acids is 1. The molecule has 0 fully saturated rings. The summed E-state index contributed by atoms with van der Waals surface area (Å²) in [7, 11) is 3.60. The van der Waals surface area contributed by atoms with E-state index in [2.05, 4.69) is 10.2 Å². The molecule has 1 amide bonds. The second-order valence-corrected chi connectivity index (χ2v) is 8.51. The molecule has 0 saturated carbocycles. The number of thiophene rings is 1. The normalized spacial score (nSPS) is 10.6. The van der Waals surface area contributed by atoms with Gasteiger partial charge < -0.3 is 15.0 Å². The monoisotopic (exact) mass is 434 g/mol. The minimum absolute atomic E-state index is 0.124. The Balaban J connectivity index is 1.62. The maximum absolute atomic E-state index is 12.3. The van der Waals surface area contributed by atoms with Crippen molar-refractivity contribution in [2.45, 2.75) is 13.0 Å². The smallest absolute Gasteiger partial charge is 0.228 e. The van der Waals surface area contributed by atoms with Gasteiger partial charge in [-0.15, -0.1) is 11.3 Å². The van der Waals surface area contributed by atoms with Crippen molar-refractivity contribution in [3.8, 4) is 5.75 Å². The van der Waals surface area contributed by atoms with Crippen LogP contribution in [0.25, 0.3) is 0 Å². The fourth-order valence-electron chi connectivity index (χ4n) is 2.73. The molecule has 0 saturated heterocycles. The highest BCUT2D eigenvalue weighted by atomic mass is 35.5. The van der Waals surface area contributed by atoms with Gasteiger partial charge in [-0.2, -0.15) is 0 Å². The van der Waals surface area contributed by atoms with Crippen molar-refractivity contribution in [1.82, 2.24) is 0 Å². The molecule has 2 aromatic carbocycles. The number of anilines is 2. The van der Waals surface area contributed by atoms with Crippen LogP contribution in [0.3, 0.4) is 0 Å². The lowest BCUT2D eigenvalue weighted by Crippen LogP contribution is -2.17. The molecule has 0 aliphatic carbocycles. The Hall–Kier alpha value is -2.21. The Morgan fingerprint density at radius 2 is 1.86 bits per heavy atom. The summed E-state index contributed by atoms with van der Waals surface area (Å²) < 4.78 is 5.90. The second kappa shape index (κ2) is 9.32. The lowest BCUT2D eigenvalue weighted by molar-refractivity contribution is -0.115. The summed E-state index contributed by atoms with van der Waals surface area (Å²) in [4.78, 5) is 15.6. The molecule has 7 heteroatoms. The first kappa shape index (κ1) is 20.5. The van der Waals surface area contributed by atoms with Crippen molar-refractivity contribution in [1.29, 1.82) is 0 Å². The molecule has 0 aliphatic heterocycles. The van der Waals surface area contributed by atoms with E-state index in [1.54, 1.807) is 18.4 Å². The van der Waals surface area contributed by atoms with E-state index in [1.165, 1.54) is 4.88 Å². The van der Waals surface area contributed by atoms with Crippen LogP contribution >= 0.6 is 34.5 Å². The van der Waals surface area contributed by atoms with Crippen LogP contribution in [0.1, 0.15) is 10.4 Å². The second-order valence-electron chi connectivity index (χ2n) is 6.30. The van der Waals surface area contributed by atoms with Crippen LogP contribution in [0.4, 0.5) is 11.4 Å². The minimum Gasteiger partial charge on any atom is -0.497 e. The molecule has 0 radical (unpaired) electrons. The highest BCUT2D eigenvalue weighted by Crippen LogP contribution is 2.29. The van der Waals surface area contributed by atoms with Gasteiger partial charge in [0.1, 0.15) is 5.75 Å². The molecule has 0 unspecified atom stereocenters. The van der Waals surface area contributed by atoms with Crippen LogP contribution < -0.4 is 15.0 Å². The lowest BCUT2D eigenvalue weighted by atomic mass is 10.1. The molecule has 1 heterocycles. The van der Waals surface area contributed by atoms with Crippen molar-refractivity contribution >= 4 is 51.8 Å². The van der Waals surface area contributed by atoms with Crippen LogP contribution in [0.5, 0.6) is 5.75 Å². The molecule has 3 aromatic rings. The summed E-state index contributed by atoms with van der Waals surface area (Å²) in [5.41, 5.74) is 2.46. The zero-order valence-corrected chi connectivity index (χ0v) is 17.9. The summed E-state index contributed by atoms with van der Waals surface area (Å²) in [5, 5.41) is 3.37.